The summed E-state index contributed by atoms with van der Waals surface area (Å²) in [6.07, 6.45) is 6.73. The van der Waals surface area contributed by atoms with Crippen LogP contribution >= 0.6 is 0 Å². The number of hydrogen-bond acceptors (Lipinski definition) is 4. The van der Waals surface area contributed by atoms with E-state index in [1.807, 2.05) is 25.3 Å². The van der Waals surface area contributed by atoms with Gasteiger partial charge in [0.05, 0.1) is 0 Å². The van der Waals surface area contributed by atoms with Crippen LogP contribution in [0.1, 0.15) is 18.9 Å². The first-order chi connectivity index (χ1) is 10.7. The Balaban J connectivity index is 1.80. The number of carbonyl (C=O) groups is 1. The van der Waals surface area contributed by atoms with Gasteiger partial charge in [0.1, 0.15) is 0 Å². The molecule has 0 fully saturated rings. The number of hydrogen-bond donors (Lipinski definition) is 3. The number of pyridine rings is 1. The first-order valence-electron chi connectivity index (χ1n) is 7.28. The van der Waals surface area contributed by atoms with E-state index in [1.165, 1.54) is 5.56 Å². The van der Waals surface area contributed by atoms with Gasteiger partial charge in [0, 0.05) is 43.9 Å². The van der Waals surface area contributed by atoms with Crippen molar-refractivity contribution < 1.29 is 9.90 Å². The minimum Gasteiger partial charge on any atom is -0.396 e. The normalized spacial score (nSPS) is 11.9. The molecule has 2 aromatic heterocycles. The van der Waals surface area contributed by atoms with E-state index in [1.54, 1.807) is 23.1 Å². The Bertz CT molecular complexity index is 585. The van der Waals surface area contributed by atoms with Crippen molar-refractivity contribution in [1.82, 2.24) is 20.1 Å². The highest BCUT2D eigenvalue weighted by molar-refractivity contribution is 5.88. The van der Waals surface area contributed by atoms with Gasteiger partial charge in [-0.25, -0.2) is 4.79 Å². The zero-order valence-electron chi connectivity index (χ0n) is 12.6. The molecule has 0 aliphatic carbocycles. The zero-order chi connectivity index (χ0) is 15.8. The monoisotopic (exact) mass is 303 g/mol. The summed E-state index contributed by atoms with van der Waals surface area (Å²) >= 11 is 0. The Labute approximate surface area is 129 Å². The lowest BCUT2D eigenvalue weighted by Gasteiger charge is -2.12. The number of aromatic nitrogens is 3. The fourth-order valence-electron chi connectivity index (χ4n) is 1.99. The SMILES string of the molecule is C[C@H](CCO)NC(=O)Nc1ccn(CCc2ccncc2)n1. The average Bonchev–Trinajstić information content (AvgIpc) is 2.93. The van der Waals surface area contributed by atoms with Gasteiger partial charge in [-0.3, -0.25) is 15.0 Å². The number of aryl methyl sites for hydroxylation is 2. The number of nitrogens with one attached hydrogen (secondary N) is 2. The molecule has 0 saturated carbocycles. The van der Waals surface area contributed by atoms with Gasteiger partial charge in [0.15, 0.2) is 5.82 Å². The number of rotatable bonds is 7. The second-order valence-electron chi connectivity index (χ2n) is 5.08. The van der Waals surface area contributed by atoms with Crippen molar-refractivity contribution in [3.8, 4) is 0 Å². The average molecular weight is 303 g/mol. The molecule has 7 nitrogen and oxygen atoms in total. The predicted molar refractivity (Wildman–Crippen MR) is 83.5 cm³/mol. The summed E-state index contributed by atoms with van der Waals surface area (Å²) in [4.78, 5) is 15.7. The molecule has 0 aliphatic heterocycles. The zero-order valence-corrected chi connectivity index (χ0v) is 12.6. The van der Waals surface area contributed by atoms with Crippen LogP contribution in [0.3, 0.4) is 0 Å². The van der Waals surface area contributed by atoms with Crippen molar-refractivity contribution in [2.24, 2.45) is 0 Å². The lowest BCUT2D eigenvalue weighted by Crippen LogP contribution is -2.36. The van der Waals surface area contributed by atoms with Gasteiger partial charge < -0.3 is 10.4 Å². The molecular formula is C15H21N5O2. The Morgan fingerprint density at radius 1 is 1.36 bits per heavy atom. The maximum atomic E-state index is 11.7. The largest absolute Gasteiger partial charge is 0.396 e. The summed E-state index contributed by atoms with van der Waals surface area (Å²) in [5, 5.41) is 18.5. The molecule has 22 heavy (non-hydrogen) atoms. The molecule has 7 heteroatoms. The lowest BCUT2D eigenvalue weighted by molar-refractivity contribution is 0.241. The van der Waals surface area contributed by atoms with Gasteiger partial charge in [0.2, 0.25) is 0 Å². The third-order valence-corrected chi connectivity index (χ3v) is 3.20. The fourth-order valence-corrected chi connectivity index (χ4v) is 1.99. The summed E-state index contributed by atoms with van der Waals surface area (Å²) < 4.78 is 1.78. The van der Waals surface area contributed by atoms with E-state index >= 15 is 0 Å². The van der Waals surface area contributed by atoms with E-state index in [0.717, 1.165) is 13.0 Å². The van der Waals surface area contributed by atoms with Crippen LogP contribution in [0.15, 0.2) is 36.8 Å². The number of carbonyl (C=O) groups excluding carboxylic acids is 1. The minimum atomic E-state index is -0.319. The lowest BCUT2D eigenvalue weighted by atomic mass is 10.2. The van der Waals surface area contributed by atoms with Crippen LogP contribution in [0.2, 0.25) is 0 Å². The highest BCUT2D eigenvalue weighted by Gasteiger charge is 2.08. The number of amides is 2. The van der Waals surface area contributed by atoms with Gasteiger partial charge in [-0.1, -0.05) is 0 Å². The molecule has 2 rings (SSSR count). The maximum Gasteiger partial charge on any atom is 0.320 e. The molecule has 0 bridgehead atoms. The van der Waals surface area contributed by atoms with Crippen molar-refractivity contribution in [1.29, 1.82) is 0 Å². The second-order valence-corrected chi connectivity index (χ2v) is 5.08. The minimum absolute atomic E-state index is 0.0467. The Hall–Kier alpha value is -2.41. The molecular weight excluding hydrogens is 282 g/mol. The van der Waals surface area contributed by atoms with Crippen molar-refractivity contribution in [2.75, 3.05) is 11.9 Å². The number of aliphatic hydroxyl groups is 1. The third kappa shape index (κ3) is 5.17. The van der Waals surface area contributed by atoms with Crippen molar-refractivity contribution in [3.05, 3.63) is 42.4 Å². The van der Waals surface area contributed by atoms with E-state index in [0.29, 0.717) is 12.2 Å². The van der Waals surface area contributed by atoms with Crippen molar-refractivity contribution in [2.45, 2.75) is 32.4 Å². The van der Waals surface area contributed by atoms with Crippen LogP contribution in [0.4, 0.5) is 10.6 Å². The van der Waals surface area contributed by atoms with Crippen molar-refractivity contribution in [3.63, 3.8) is 0 Å². The molecule has 0 radical (unpaired) electrons. The van der Waals surface area contributed by atoms with Crippen LogP contribution in [-0.4, -0.2) is 38.6 Å². The fraction of sp³-hybridized carbons (Fsp3) is 0.400. The smallest absolute Gasteiger partial charge is 0.320 e. The van der Waals surface area contributed by atoms with Crippen LogP contribution in [0.25, 0.3) is 0 Å². The Kier molecular flexibility index (Phi) is 5.91. The molecule has 0 unspecified atom stereocenters. The molecule has 118 valence electrons. The van der Waals surface area contributed by atoms with Gasteiger partial charge >= 0.3 is 6.03 Å². The number of nitrogens with zero attached hydrogens (tertiary/aromatic N) is 3. The first-order valence-corrected chi connectivity index (χ1v) is 7.28. The molecule has 3 N–H and O–H groups in total. The van der Waals surface area contributed by atoms with Gasteiger partial charge in [-0.15, -0.1) is 0 Å². The first kappa shape index (κ1) is 16.0. The highest BCUT2D eigenvalue weighted by atomic mass is 16.3. The van der Waals surface area contributed by atoms with Crippen LogP contribution < -0.4 is 10.6 Å². The molecule has 0 aliphatic rings. The maximum absolute atomic E-state index is 11.7. The number of anilines is 1. The highest BCUT2D eigenvalue weighted by Crippen LogP contribution is 2.05. The van der Waals surface area contributed by atoms with E-state index in [2.05, 4.69) is 20.7 Å². The Morgan fingerprint density at radius 2 is 2.14 bits per heavy atom. The van der Waals surface area contributed by atoms with Gasteiger partial charge in [0.25, 0.3) is 0 Å². The summed E-state index contributed by atoms with van der Waals surface area (Å²) in [6.45, 7) is 2.61. The molecule has 2 amide bonds. The summed E-state index contributed by atoms with van der Waals surface area (Å²) in [6, 6.07) is 5.29. The predicted octanol–water partition coefficient (Wildman–Crippen LogP) is 1.41. The standard InChI is InChI=1S/C15H21N5O2/c1-12(6-11-21)17-15(22)18-14-5-10-20(19-14)9-4-13-2-7-16-8-3-13/h2-3,5,7-8,10,12,21H,4,6,9,11H2,1H3,(H2,17,18,19,22)/t12-/m1/s1. The van der Waals surface area contributed by atoms with Crippen LogP contribution in [0.5, 0.6) is 0 Å². The van der Waals surface area contributed by atoms with E-state index < -0.39 is 0 Å². The summed E-state index contributed by atoms with van der Waals surface area (Å²) in [5.74, 6) is 0.503. The third-order valence-electron chi connectivity index (χ3n) is 3.20. The summed E-state index contributed by atoms with van der Waals surface area (Å²) in [7, 11) is 0. The topological polar surface area (TPSA) is 92.1 Å². The van der Waals surface area contributed by atoms with Crippen LogP contribution in [0, 0.1) is 0 Å². The number of aliphatic hydroxyl groups excluding tert-OH is 1. The quantitative estimate of drug-likeness (QED) is 0.721. The van der Waals surface area contributed by atoms with E-state index in [-0.39, 0.29) is 18.7 Å². The van der Waals surface area contributed by atoms with Crippen LogP contribution in [-0.2, 0) is 13.0 Å². The van der Waals surface area contributed by atoms with E-state index in [4.69, 9.17) is 5.11 Å². The molecule has 1 atom stereocenters. The second kappa shape index (κ2) is 8.14. The Morgan fingerprint density at radius 3 is 2.86 bits per heavy atom. The van der Waals surface area contributed by atoms with Gasteiger partial charge in [-0.2, -0.15) is 5.10 Å². The van der Waals surface area contributed by atoms with Gasteiger partial charge in [-0.05, 0) is 37.5 Å². The van der Waals surface area contributed by atoms with Crippen molar-refractivity contribution >= 4 is 11.8 Å². The van der Waals surface area contributed by atoms with E-state index in [9.17, 15) is 4.79 Å². The molecule has 2 heterocycles. The number of urea groups is 1. The molecule has 0 spiro atoms. The molecule has 0 aromatic carbocycles. The summed E-state index contributed by atoms with van der Waals surface area (Å²) in [5.41, 5.74) is 1.19. The molecule has 2 aromatic rings. The molecule has 0 saturated heterocycles.